The number of amides is 4. The number of fused-ring (bicyclic) bond motifs is 1. The Morgan fingerprint density at radius 3 is 2.32 bits per heavy atom. The number of carbonyl (C=O) groups excluding carboxylic acids is 3. The Morgan fingerprint density at radius 1 is 1.00 bits per heavy atom. The van der Waals surface area contributed by atoms with Gasteiger partial charge in [-0.1, -0.05) is 11.6 Å². The van der Waals surface area contributed by atoms with Crippen LogP contribution in [0.1, 0.15) is 61.6 Å². The van der Waals surface area contributed by atoms with Gasteiger partial charge in [0.15, 0.2) is 0 Å². The fourth-order valence-electron chi connectivity index (χ4n) is 7.67. The van der Waals surface area contributed by atoms with Gasteiger partial charge in [0.1, 0.15) is 0 Å². The molecule has 1 aromatic carbocycles. The molecular weight excluding hydrogens is 653 g/mol. The zero-order chi connectivity index (χ0) is 33.3. The molecule has 0 spiro atoms. The first-order valence-electron chi connectivity index (χ1n) is 16.5. The summed E-state index contributed by atoms with van der Waals surface area (Å²) in [5, 5.41) is 9.36. The number of anilines is 2. The zero-order valence-electron chi connectivity index (χ0n) is 26.6. The Bertz CT molecular complexity index is 1470. The minimum atomic E-state index is -4.65. The molecule has 9 nitrogen and oxygen atoms in total. The van der Waals surface area contributed by atoms with Crippen molar-refractivity contribution in [2.75, 3.05) is 56.9 Å². The van der Waals surface area contributed by atoms with Crippen LogP contribution >= 0.6 is 22.9 Å². The summed E-state index contributed by atoms with van der Waals surface area (Å²) in [4.78, 5) is 48.4. The SMILES string of the molecule is CNc1c(Cl)cc(C[C@@H](CC(=O)N2CCC(N3Cc4cscc4NC3=O)CC2)C(=O)N2CCC(N3CCCC3)CC2)cc1C(F)(F)F. The summed E-state index contributed by atoms with van der Waals surface area (Å²) < 4.78 is 41.9. The quantitative estimate of drug-likeness (QED) is 0.347. The number of hydrogen-bond donors (Lipinski definition) is 2. The Kier molecular flexibility index (Phi) is 10.2. The zero-order valence-corrected chi connectivity index (χ0v) is 28.2. The average Bonchev–Trinajstić information content (AvgIpc) is 3.76. The van der Waals surface area contributed by atoms with E-state index in [-0.39, 0.29) is 53.0 Å². The molecule has 3 saturated heterocycles. The Balaban J connectivity index is 1.15. The van der Waals surface area contributed by atoms with Gasteiger partial charge < -0.3 is 30.2 Å². The number of halogens is 4. The predicted octanol–water partition coefficient (Wildman–Crippen LogP) is 6.14. The molecule has 0 saturated carbocycles. The van der Waals surface area contributed by atoms with Crippen LogP contribution in [0.25, 0.3) is 0 Å². The number of rotatable bonds is 8. The number of hydrogen-bond acceptors (Lipinski definition) is 6. The van der Waals surface area contributed by atoms with Gasteiger partial charge in [0.2, 0.25) is 11.8 Å². The number of likely N-dealkylation sites (tertiary alicyclic amines) is 3. The molecule has 4 aliphatic heterocycles. The molecule has 5 heterocycles. The second-order valence-corrected chi connectivity index (χ2v) is 14.3. The largest absolute Gasteiger partial charge is 0.418 e. The molecule has 2 N–H and O–H groups in total. The topological polar surface area (TPSA) is 88.2 Å². The number of nitrogens with one attached hydrogen (secondary N) is 2. The summed E-state index contributed by atoms with van der Waals surface area (Å²) in [5.74, 6) is -1.23. The maximum Gasteiger partial charge on any atom is 0.418 e. The number of nitrogens with zero attached hydrogens (tertiary/aromatic N) is 4. The normalized spacial score (nSPS) is 20.7. The molecular formula is C33H42ClF3N6O3S. The van der Waals surface area contributed by atoms with Gasteiger partial charge >= 0.3 is 12.2 Å². The van der Waals surface area contributed by atoms with Crippen LogP contribution in [0.3, 0.4) is 0 Å². The minimum Gasteiger partial charge on any atom is -0.386 e. The van der Waals surface area contributed by atoms with Gasteiger partial charge in [0.25, 0.3) is 0 Å². The van der Waals surface area contributed by atoms with Crippen LogP contribution in [-0.2, 0) is 28.7 Å². The molecule has 1 atom stereocenters. The highest BCUT2D eigenvalue weighted by atomic mass is 35.5. The van der Waals surface area contributed by atoms with E-state index in [4.69, 9.17) is 11.6 Å². The molecule has 256 valence electrons. The first kappa shape index (κ1) is 33.9. The monoisotopic (exact) mass is 694 g/mol. The van der Waals surface area contributed by atoms with Crippen LogP contribution in [0.15, 0.2) is 22.9 Å². The summed E-state index contributed by atoms with van der Waals surface area (Å²) in [6, 6.07) is 2.77. The van der Waals surface area contributed by atoms with Gasteiger partial charge in [-0.3, -0.25) is 9.59 Å². The number of alkyl halides is 3. The fourth-order valence-corrected chi connectivity index (χ4v) is 8.78. The van der Waals surface area contributed by atoms with Gasteiger partial charge in [-0.25, -0.2) is 4.79 Å². The van der Waals surface area contributed by atoms with Crippen molar-refractivity contribution in [3.05, 3.63) is 44.6 Å². The van der Waals surface area contributed by atoms with Gasteiger partial charge in [-0.05, 0) is 81.1 Å². The van der Waals surface area contributed by atoms with E-state index in [2.05, 4.69) is 15.5 Å². The summed E-state index contributed by atoms with van der Waals surface area (Å²) in [7, 11) is 1.38. The number of piperidine rings is 2. The maximum absolute atomic E-state index is 14.0. The summed E-state index contributed by atoms with van der Waals surface area (Å²) in [6.07, 6.45) is 0.503. The molecule has 0 bridgehead atoms. The smallest absolute Gasteiger partial charge is 0.386 e. The predicted molar refractivity (Wildman–Crippen MR) is 177 cm³/mol. The van der Waals surface area contributed by atoms with Gasteiger partial charge in [0, 0.05) is 62.7 Å². The van der Waals surface area contributed by atoms with Crippen LogP contribution in [0.4, 0.5) is 29.3 Å². The van der Waals surface area contributed by atoms with Crippen LogP contribution in [0.5, 0.6) is 0 Å². The molecule has 0 radical (unpaired) electrons. The van der Waals surface area contributed by atoms with E-state index >= 15 is 0 Å². The Labute approximate surface area is 282 Å². The van der Waals surface area contributed by atoms with E-state index in [9.17, 15) is 27.6 Å². The third-order valence-corrected chi connectivity index (χ3v) is 11.3. The second kappa shape index (κ2) is 14.2. The summed E-state index contributed by atoms with van der Waals surface area (Å²) in [5.41, 5.74) is 1.08. The third-order valence-electron chi connectivity index (χ3n) is 10.2. The van der Waals surface area contributed by atoms with Crippen molar-refractivity contribution in [1.82, 2.24) is 19.6 Å². The van der Waals surface area contributed by atoms with E-state index in [0.29, 0.717) is 51.6 Å². The summed E-state index contributed by atoms with van der Waals surface area (Å²) in [6.45, 7) is 4.69. The van der Waals surface area contributed by atoms with E-state index < -0.39 is 17.7 Å². The average molecular weight is 695 g/mol. The van der Waals surface area contributed by atoms with Crippen LogP contribution in [-0.4, -0.2) is 95.8 Å². The van der Waals surface area contributed by atoms with Gasteiger partial charge in [0.05, 0.1) is 34.4 Å². The second-order valence-electron chi connectivity index (χ2n) is 13.1. The lowest BCUT2D eigenvalue weighted by Crippen LogP contribution is -2.51. The maximum atomic E-state index is 14.0. The lowest BCUT2D eigenvalue weighted by Gasteiger charge is -2.40. The van der Waals surface area contributed by atoms with Gasteiger partial charge in [-0.15, -0.1) is 11.3 Å². The number of thiophene rings is 1. The lowest BCUT2D eigenvalue weighted by atomic mass is 9.91. The highest BCUT2D eigenvalue weighted by Gasteiger charge is 2.38. The van der Waals surface area contributed by atoms with E-state index in [1.165, 1.54) is 26.0 Å². The molecule has 0 unspecified atom stereocenters. The van der Waals surface area contributed by atoms with E-state index in [1.54, 1.807) is 21.1 Å². The first-order chi connectivity index (χ1) is 22.5. The Hall–Kier alpha value is -3.03. The highest BCUT2D eigenvalue weighted by molar-refractivity contribution is 7.08. The molecule has 47 heavy (non-hydrogen) atoms. The molecule has 4 aliphatic rings. The van der Waals surface area contributed by atoms with E-state index in [1.807, 2.05) is 15.7 Å². The van der Waals surface area contributed by atoms with Gasteiger partial charge in [-0.2, -0.15) is 13.2 Å². The number of benzene rings is 1. The van der Waals surface area contributed by atoms with Crippen molar-refractivity contribution < 1.29 is 27.6 Å². The van der Waals surface area contributed by atoms with Crippen molar-refractivity contribution >= 4 is 52.2 Å². The van der Waals surface area contributed by atoms with Crippen molar-refractivity contribution in [2.24, 2.45) is 5.92 Å². The number of urea groups is 1. The van der Waals surface area contributed by atoms with Crippen molar-refractivity contribution in [3.8, 4) is 0 Å². The van der Waals surface area contributed by atoms with E-state index in [0.717, 1.165) is 43.2 Å². The highest BCUT2D eigenvalue weighted by Crippen LogP contribution is 2.40. The molecule has 4 amide bonds. The standard InChI is InChI=1S/C33H42ClF3N6O3S/c1-38-30-26(33(35,36)37)15-21(16-27(30)34)14-22(31(45)42-12-4-24(5-13-42)40-8-2-3-9-40)17-29(44)41-10-6-25(7-11-41)43-18-23-19-47-20-28(23)39-32(43)46/h15-16,19-20,22,24-25,38H,2-14,17-18H2,1H3,(H,39,46)/t22-/m0/s1. The van der Waals surface area contributed by atoms with Crippen LogP contribution in [0.2, 0.25) is 5.02 Å². The van der Waals surface area contributed by atoms with Crippen molar-refractivity contribution in [1.29, 1.82) is 0 Å². The molecule has 1 aromatic heterocycles. The fraction of sp³-hybridized carbons (Fsp3) is 0.606. The molecule has 0 aliphatic carbocycles. The molecule has 6 rings (SSSR count). The molecule has 3 fully saturated rings. The van der Waals surface area contributed by atoms with Crippen LogP contribution in [0, 0.1) is 5.92 Å². The lowest BCUT2D eigenvalue weighted by molar-refractivity contribution is -0.143. The summed E-state index contributed by atoms with van der Waals surface area (Å²) >= 11 is 7.84. The van der Waals surface area contributed by atoms with Crippen molar-refractivity contribution in [2.45, 2.75) is 76.2 Å². The first-order valence-corrected chi connectivity index (χ1v) is 17.8. The number of carbonyl (C=O) groups is 3. The van der Waals surface area contributed by atoms with Crippen LogP contribution < -0.4 is 10.6 Å². The van der Waals surface area contributed by atoms with Crippen molar-refractivity contribution in [3.63, 3.8) is 0 Å². The third kappa shape index (κ3) is 7.51. The molecule has 2 aromatic rings. The molecule has 14 heteroatoms. The minimum absolute atomic E-state index is 0.0185. The Morgan fingerprint density at radius 2 is 1.66 bits per heavy atom.